The first-order valence-electron chi connectivity index (χ1n) is 5.68. The Morgan fingerprint density at radius 3 is 2.72 bits per heavy atom. The molecule has 0 bridgehead atoms. The van der Waals surface area contributed by atoms with Gasteiger partial charge in [0.15, 0.2) is 0 Å². The Balaban J connectivity index is 2.07. The topological polar surface area (TPSA) is 84.2 Å². The van der Waals surface area contributed by atoms with Gasteiger partial charge >= 0.3 is 0 Å². The van der Waals surface area contributed by atoms with Gasteiger partial charge in [-0.05, 0) is 24.7 Å². The summed E-state index contributed by atoms with van der Waals surface area (Å²) in [6.07, 6.45) is 3.85. The van der Waals surface area contributed by atoms with E-state index >= 15 is 0 Å². The number of sulfonamides is 1. The third kappa shape index (κ3) is 2.69. The summed E-state index contributed by atoms with van der Waals surface area (Å²) in [5, 5.41) is 8.87. The van der Waals surface area contributed by atoms with Crippen LogP contribution in [0.1, 0.15) is 19.3 Å². The van der Waals surface area contributed by atoms with Crippen molar-refractivity contribution in [2.75, 3.05) is 13.2 Å². The lowest BCUT2D eigenvalue weighted by Crippen LogP contribution is -2.31. The summed E-state index contributed by atoms with van der Waals surface area (Å²) in [6, 6.07) is 0. The van der Waals surface area contributed by atoms with E-state index in [9.17, 15) is 8.42 Å². The number of hydrogen-bond acceptors (Lipinski definition) is 4. The van der Waals surface area contributed by atoms with Crippen molar-refractivity contribution in [2.45, 2.75) is 24.3 Å². The molecule has 6 nitrogen and oxygen atoms in total. The maximum absolute atomic E-state index is 12.0. The van der Waals surface area contributed by atoms with Gasteiger partial charge in [-0.2, -0.15) is 0 Å². The van der Waals surface area contributed by atoms with Crippen molar-refractivity contribution < 1.29 is 13.5 Å². The molecule has 1 aromatic heterocycles. The quantitative estimate of drug-likeness (QED) is 0.800. The van der Waals surface area contributed by atoms with Crippen molar-refractivity contribution >= 4 is 21.6 Å². The lowest BCUT2D eigenvalue weighted by molar-refractivity contribution is 0.249. The third-order valence-corrected chi connectivity index (χ3v) is 5.22. The minimum absolute atomic E-state index is 0.0755. The summed E-state index contributed by atoms with van der Waals surface area (Å²) >= 11 is 5.86. The van der Waals surface area contributed by atoms with Gasteiger partial charge < -0.3 is 9.67 Å². The van der Waals surface area contributed by atoms with E-state index in [2.05, 4.69) is 9.71 Å². The number of nitrogens with one attached hydrogen (secondary N) is 1. The molecule has 0 aliphatic heterocycles. The molecule has 2 N–H and O–H groups in total. The summed E-state index contributed by atoms with van der Waals surface area (Å²) in [5.74, 6) is 0. The summed E-state index contributed by atoms with van der Waals surface area (Å²) in [7, 11) is -2.05. The Bertz CT molecular complexity index is 537. The second-order valence-electron chi connectivity index (χ2n) is 4.75. The second-order valence-corrected chi connectivity index (χ2v) is 6.79. The highest BCUT2D eigenvalue weighted by atomic mass is 35.5. The third-order valence-electron chi connectivity index (χ3n) is 3.33. The average Bonchev–Trinajstić information content (AvgIpc) is 2.99. The number of aliphatic hydroxyl groups is 1. The lowest BCUT2D eigenvalue weighted by atomic mass is 10.0. The highest BCUT2D eigenvalue weighted by Gasteiger charge is 2.42. The zero-order chi connectivity index (χ0) is 13.4. The average molecular weight is 294 g/mol. The van der Waals surface area contributed by atoms with E-state index in [0.29, 0.717) is 13.0 Å². The number of nitrogens with zero attached hydrogens (tertiary/aromatic N) is 2. The molecule has 0 spiro atoms. The Labute approximate surface area is 111 Å². The molecule has 8 heteroatoms. The van der Waals surface area contributed by atoms with Crippen LogP contribution in [0.5, 0.6) is 0 Å². The Kier molecular flexibility index (Phi) is 3.68. The van der Waals surface area contributed by atoms with Gasteiger partial charge in [-0.1, -0.05) is 11.6 Å². The van der Waals surface area contributed by atoms with Gasteiger partial charge in [-0.15, -0.1) is 0 Å². The number of imidazole rings is 1. The molecule has 0 unspecified atom stereocenters. The molecule has 102 valence electrons. The van der Waals surface area contributed by atoms with E-state index in [-0.39, 0.29) is 22.2 Å². The van der Waals surface area contributed by atoms with Crippen LogP contribution in [0.15, 0.2) is 11.4 Å². The molecule has 0 radical (unpaired) electrons. The van der Waals surface area contributed by atoms with Crippen LogP contribution in [0, 0.1) is 5.41 Å². The first kappa shape index (κ1) is 13.8. The first-order valence-corrected chi connectivity index (χ1v) is 7.54. The normalized spacial score (nSPS) is 17.9. The van der Waals surface area contributed by atoms with Crippen LogP contribution in [0.3, 0.4) is 0 Å². The molecular formula is C10H16ClN3O3S. The van der Waals surface area contributed by atoms with Crippen molar-refractivity contribution in [1.82, 2.24) is 14.3 Å². The number of hydrogen-bond donors (Lipinski definition) is 2. The predicted molar refractivity (Wildman–Crippen MR) is 66.8 cm³/mol. The van der Waals surface area contributed by atoms with E-state index in [1.165, 1.54) is 10.9 Å². The maximum atomic E-state index is 12.0. The molecule has 0 saturated heterocycles. The van der Waals surface area contributed by atoms with E-state index in [1.807, 2.05) is 0 Å². The fraction of sp³-hybridized carbons (Fsp3) is 0.700. The molecule has 0 atom stereocenters. The minimum Gasteiger partial charge on any atom is -0.396 e. The molecule has 18 heavy (non-hydrogen) atoms. The van der Waals surface area contributed by atoms with Crippen molar-refractivity contribution in [3.63, 3.8) is 0 Å². The SMILES string of the molecule is Cn1cnc(S(=O)(=O)NCC2(CCO)CC2)c1Cl. The van der Waals surface area contributed by atoms with Crippen LogP contribution in [0.25, 0.3) is 0 Å². The molecule has 1 aliphatic carbocycles. The summed E-state index contributed by atoms with van der Waals surface area (Å²) < 4.78 is 28.0. The number of rotatable bonds is 6. The molecule has 0 aromatic carbocycles. The van der Waals surface area contributed by atoms with Gasteiger partial charge in [0.1, 0.15) is 5.15 Å². The van der Waals surface area contributed by atoms with Crippen LogP contribution in [0.4, 0.5) is 0 Å². The van der Waals surface area contributed by atoms with Crippen molar-refractivity contribution in [1.29, 1.82) is 0 Å². The second kappa shape index (κ2) is 4.80. The monoisotopic (exact) mass is 293 g/mol. The molecule has 1 aliphatic rings. The largest absolute Gasteiger partial charge is 0.396 e. The van der Waals surface area contributed by atoms with E-state index in [4.69, 9.17) is 16.7 Å². The number of aliphatic hydroxyl groups excluding tert-OH is 1. The standard InChI is InChI=1S/C10H16ClN3O3S/c1-14-7-12-9(8(14)11)18(16,17)13-6-10(2-3-10)4-5-15/h7,13,15H,2-6H2,1H3. The maximum Gasteiger partial charge on any atom is 0.261 e. The Hall–Kier alpha value is -0.630. The minimum atomic E-state index is -3.68. The smallest absolute Gasteiger partial charge is 0.261 e. The summed E-state index contributed by atoms with van der Waals surface area (Å²) in [5.41, 5.74) is -0.0803. The van der Waals surface area contributed by atoms with Gasteiger partial charge in [0, 0.05) is 20.2 Å². The Morgan fingerprint density at radius 2 is 2.28 bits per heavy atom. The van der Waals surface area contributed by atoms with Gasteiger partial charge in [0.2, 0.25) is 5.03 Å². The van der Waals surface area contributed by atoms with Gasteiger partial charge in [-0.3, -0.25) is 0 Å². The summed E-state index contributed by atoms with van der Waals surface area (Å²) in [6.45, 7) is 0.398. The van der Waals surface area contributed by atoms with Gasteiger partial charge in [0.05, 0.1) is 6.33 Å². The fourth-order valence-electron chi connectivity index (χ4n) is 1.82. The van der Waals surface area contributed by atoms with Crippen molar-refractivity contribution in [3.05, 3.63) is 11.5 Å². The molecule has 0 amide bonds. The molecule has 1 fully saturated rings. The van der Waals surface area contributed by atoms with Crippen LogP contribution >= 0.6 is 11.6 Å². The first-order chi connectivity index (χ1) is 8.40. The number of halogens is 1. The van der Waals surface area contributed by atoms with E-state index in [0.717, 1.165) is 12.8 Å². The van der Waals surface area contributed by atoms with Crippen LogP contribution < -0.4 is 4.72 Å². The molecule has 1 heterocycles. The highest BCUT2D eigenvalue weighted by molar-refractivity contribution is 7.89. The number of aromatic nitrogens is 2. The zero-order valence-corrected chi connectivity index (χ0v) is 11.6. The van der Waals surface area contributed by atoms with Crippen molar-refractivity contribution in [2.24, 2.45) is 12.5 Å². The van der Waals surface area contributed by atoms with Crippen LogP contribution in [0.2, 0.25) is 5.15 Å². The predicted octanol–water partition coefficient (Wildman–Crippen LogP) is 0.514. The van der Waals surface area contributed by atoms with E-state index < -0.39 is 10.0 Å². The number of aryl methyl sites for hydroxylation is 1. The van der Waals surface area contributed by atoms with Crippen LogP contribution in [-0.2, 0) is 17.1 Å². The van der Waals surface area contributed by atoms with Gasteiger partial charge in [-0.25, -0.2) is 18.1 Å². The van der Waals surface area contributed by atoms with E-state index in [1.54, 1.807) is 7.05 Å². The van der Waals surface area contributed by atoms with Crippen LogP contribution in [-0.4, -0.2) is 36.2 Å². The van der Waals surface area contributed by atoms with Crippen molar-refractivity contribution in [3.8, 4) is 0 Å². The zero-order valence-electron chi connectivity index (χ0n) is 10.1. The van der Waals surface area contributed by atoms with Gasteiger partial charge in [0.25, 0.3) is 10.0 Å². The highest BCUT2D eigenvalue weighted by Crippen LogP contribution is 2.48. The molecular weight excluding hydrogens is 278 g/mol. The molecule has 2 rings (SSSR count). The lowest BCUT2D eigenvalue weighted by Gasteiger charge is -2.14. The Morgan fingerprint density at radius 1 is 1.61 bits per heavy atom. The molecule has 1 saturated carbocycles. The summed E-state index contributed by atoms with van der Waals surface area (Å²) in [4.78, 5) is 3.79. The molecule has 1 aromatic rings. The fourth-order valence-corrected chi connectivity index (χ4v) is 3.40.